The van der Waals surface area contributed by atoms with Crippen LogP contribution in [-0.2, 0) is 35.4 Å². The molecule has 18 heteroatoms. The summed E-state index contributed by atoms with van der Waals surface area (Å²) in [6.45, 7) is 3.15. The van der Waals surface area contributed by atoms with Crippen LogP contribution in [0.1, 0.15) is 11.3 Å². The Morgan fingerprint density at radius 2 is 1.95 bits per heavy atom. The van der Waals surface area contributed by atoms with Crippen molar-refractivity contribution in [3.8, 4) is 0 Å². The molecule has 2 aromatic rings. The number of hydrogen-bond acceptors (Lipinski definition) is 14. The van der Waals surface area contributed by atoms with Gasteiger partial charge in [-0.1, -0.05) is 11.7 Å². The molecule has 0 radical (unpaired) electrons. The summed E-state index contributed by atoms with van der Waals surface area (Å²) in [5, 5.41) is 29.3. The van der Waals surface area contributed by atoms with E-state index in [1.807, 2.05) is 0 Å². The Hall–Kier alpha value is -2.44. The first-order chi connectivity index (χ1) is 17.7. The Labute approximate surface area is 273 Å². The average molecular weight is 591 g/mol. The molecular formula is C21H16N6Na2O8S2. The van der Waals surface area contributed by atoms with Crippen LogP contribution in [0.4, 0.5) is 5.13 Å². The number of oxime groups is 1. The smallest absolute Gasteiger partial charge is 0.543 e. The number of amides is 2. The number of thioether (sulfide) groups is 1. The summed E-state index contributed by atoms with van der Waals surface area (Å²) >= 11 is 2.14. The number of carboxylic acid groups (broad SMARTS) is 2. The fourth-order valence-corrected chi connectivity index (χ4v) is 5.11. The van der Waals surface area contributed by atoms with Crippen molar-refractivity contribution in [2.45, 2.75) is 18.0 Å². The maximum absolute atomic E-state index is 13.0. The molecular weight excluding hydrogens is 574 g/mol. The number of aromatic nitrogens is 2. The SMILES string of the molecule is C=C(O/N=C(\C(=O)N[C@@H]1C(=O)N2C(C(=O)[O-])=C(OCc3ccncc3)CS[C@H]12)c1csc(N)n1)C(=O)[O-].[Na+].[Na+]. The third-order valence-corrected chi connectivity index (χ3v) is 6.96. The number of ether oxygens (including phenoxy) is 1. The molecule has 4 heterocycles. The second kappa shape index (κ2) is 14.3. The molecule has 1 fully saturated rings. The average Bonchev–Trinajstić information content (AvgIpc) is 3.31. The summed E-state index contributed by atoms with van der Waals surface area (Å²) in [5.74, 6) is -5.78. The van der Waals surface area contributed by atoms with Gasteiger partial charge in [0.05, 0.1) is 11.7 Å². The van der Waals surface area contributed by atoms with Crippen molar-refractivity contribution in [2.24, 2.45) is 5.16 Å². The number of nitrogens with two attached hydrogens (primary N) is 1. The van der Waals surface area contributed by atoms with Gasteiger partial charge >= 0.3 is 59.1 Å². The van der Waals surface area contributed by atoms with Gasteiger partial charge in [0.15, 0.2) is 16.6 Å². The van der Waals surface area contributed by atoms with Gasteiger partial charge in [-0.05, 0) is 17.7 Å². The number of aliphatic carboxylic acids is 2. The minimum absolute atomic E-state index is 0. The molecule has 0 saturated carbocycles. The van der Waals surface area contributed by atoms with Crippen LogP contribution in [0.2, 0.25) is 0 Å². The summed E-state index contributed by atoms with van der Waals surface area (Å²) in [4.78, 5) is 62.0. The fourth-order valence-electron chi connectivity index (χ4n) is 3.29. The number of fused-ring (bicyclic) bond motifs is 1. The number of β-lactam (4-membered cyclic amide) rings is 1. The third-order valence-electron chi connectivity index (χ3n) is 5.03. The zero-order valence-corrected chi connectivity index (χ0v) is 26.2. The number of nitrogen functional groups attached to an aromatic ring is 1. The van der Waals surface area contributed by atoms with Gasteiger partial charge in [-0.25, -0.2) is 4.98 Å². The van der Waals surface area contributed by atoms with Gasteiger partial charge in [0, 0.05) is 17.8 Å². The Morgan fingerprint density at radius 3 is 2.54 bits per heavy atom. The summed E-state index contributed by atoms with van der Waals surface area (Å²) < 4.78 is 5.65. The van der Waals surface area contributed by atoms with E-state index in [1.165, 1.54) is 5.38 Å². The molecule has 0 aliphatic carbocycles. The van der Waals surface area contributed by atoms with Crippen molar-refractivity contribution in [3.63, 3.8) is 0 Å². The van der Waals surface area contributed by atoms with E-state index in [0.717, 1.165) is 33.6 Å². The summed E-state index contributed by atoms with van der Waals surface area (Å²) in [5.41, 5.74) is 5.38. The fraction of sp³-hybridized carbons (Fsp3) is 0.190. The van der Waals surface area contributed by atoms with Crippen LogP contribution in [0.25, 0.3) is 0 Å². The maximum atomic E-state index is 13.0. The van der Waals surface area contributed by atoms with E-state index in [9.17, 15) is 29.4 Å². The van der Waals surface area contributed by atoms with Crippen LogP contribution in [0, 0.1) is 0 Å². The van der Waals surface area contributed by atoms with Gasteiger partial charge in [0.25, 0.3) is 11.8 Å². The Balaban J connectivity index is 0.00000267. The molecule has 2 aliphatic rings. The molecule has 39 heavy (non-hydrogen) atoms. The standard InChI is InChI=1S/C21H18N6O8S2.2Na/c1-9(19(30)31)35-26-13(11-7-37-21(22)24-11)16(28)25-14-17(29)27-15(20(32)33)12(8-36-18(14)27)34-6-10-2-4-23-5-3-10;;/h2-5,7,14,18H,1,6,8H2,(H2,22,24)(H,25,28)(H,30,31)(H,32,33);;/q;2*+1/p-2/b26-13-;;/t14-,18-;;/m1../s1. The Kier molecular flexibility index (Phi) is 12.0. The number of nitrogens with zero attached hydrogens (tertiary/aromatic N) is 4. The minimum atomic E-state index is -1.76. The van der Waals surface area contributed by atoms with Crippen molar-refractivity contribution >= 4 is 57.7 Å². The minimum Gasteiger partial charge on any atom is -0.543 e. The van der Waals surface area contributed by atoms with Crippen molar-refractivity contribution in [2.75, 3.05) is 11.5 Å². The van der Waals surface area contributed by atoms with Crippen molar-refractivity contribution in [3.05, 3.63) is 65.0 Å². The van der Waals surface area contributed by atoms with Crippen LogP contribution < -0.4 is 80.4 Å². The first-order valence-corrected chi connectivity index (χ1v) is 12.2. The number of thiazole rings is 1. The van der Waals surface area contributed by atoms with Gasteiger partial charge < -0.3 is 40.4 Å². The number of carbonyl (C=O) groups is 4. The molecule has 0 aromatic carbocycles. The largest absolute Gasteiger partial charge is 1.00 e. The monoisotopic (exact) mass is 590 g/mol. The zero-order chi connectivity index (χ0) is 26.7. The number of rotatable bonds is 10. The summed E-state index contributed by atoms with van der Waals surface area (Å²) in [6.07, 6.45) is 3.11. The number of pyridine rings is 1. The topological polar surface area (TPSA) is 212 Å². The molecule has 4 rings (SSSR count). The first-order valence-electron chi connectivity index (χ1n) is 10.3. The zero-order valence-electron chi connectivity index (χ0n) is 20.6. The number of nitrogens with one attached hydrogen (secondary N) is 1. The number of hydrogen-bond donors (Lipinski definition) is 2. The second-order valence-electron chi connectivity index (χ2n) is 7.38. The molecule has 2 amide bonds. The van der Waals surface area contributed by atoms with Gasteiger partial charge in [0.2, 0.25) is 0 Å². The molecule has 0 unspecified atom stereocenters. The van der Waals surface area contributed by atoms with Crippen LogP contribution in [0.5, 0.6) is 0 Å². The van der Waals surface area contributed by atoms with E-state index in [2.05, 4.69) is 31.9 Å². The van der Waals surface area contributed by atoms with Crippen LogP contribution >= 0.6 is 23.1 Å². The Bertz CT molecular complexity index is 1350. The molecule has 2 aromatic heterocycles. The van der Waals surface area contributed by atoms with Crippen LogP contribution in [-0.4, -0.2) is 61.5 Å². The summed E-state index contributed by atoms with van der Waals surface area (Å²) in [7, 11) is 0. The molecule has 1 saturated heterocycles. The van der Waals surface area contributed by atoms with E-state index in [0.29, 0.717) is 0 Å². The van der Waals surface area contributed by atoms with Crippen LogP contribution in [0.15, 0.2) is 58.9 Å². The number of carboxylic acids is 2. The first kappa shape index (κ1) is 32.8. The quantitative estimate of drug-likeness (QED) is 0.0660. The van der Waals surface area contributed by atoms with Crippen molar-refractivity contribution in [1.82, 2.24) is 20.2 Å². The van der Waals surface area contributed by atoms with Gasteiger partial charge in [-0.15, -0.1) is 23.1 Å². The van der Waals surface area contributed by atoms with E-state index in [1.54, 1.807) is 24.5 Å². The van der Waals surface area contributed by atoms with E-state index in [-0.39, 0.29) is 88.1 Å². The number of anilines is 1. The molecule has 2 atom stereocenters. The summed E-state index contributed by atoms with van der Waals surface area (Å²) in [6, 6.07) is 2.25. The maximum Gasteiger partial charge on any atom is 1.00 e. The number of carbonyl (C=O) groups excluding carboxylic acids is 4. The van der Waals surface area contributed by atoms with Gasteiger partial charge in [0.1, 0.15) is 41.1 Å². The van der Waals surface area contributed by atoms with Crippen molar-refractivity contribution < 1.29 is 98.1 Å². The normalized spacial score (nSPS) is 18.0. The third kappa shape index (κ3) is 7.40. The second-order valence-corrected chi connectivity index (χ2v) is 9.37. The molecule has 14 nitrogen and oxygen atoms in total. The molecule has 3 N–H and O–H groups in total. The predicted molar refractivity (Wildman–Crippen MR) is 124 cm³/mol. The molecule has 0 bridgehead atoms. The Morgan fingerprint density at radius 1 is 1.26 bits per heavy atom. The van der Waals surface area contributed by atoms with E-state index in [4.69, 9.17) is 10.5 Å². The molecule has 2 aliphatic heterocycles. The van der Waals surface area contributed by atoms with Crippen molar-refractivity contribution in [1.29, 1.82) is 0 Å². The molecule has 0 spiro atoms. The van der Waals surface area contributed by atoms with Gasteiger partial charge in [-0.3, -0.25) is 19.5 Å². The van der Waals surface area contributed by atoms with Gasteiger partial charge in [-0.2, -0.15) is 0 Å². The van der Waals surface area contributed by atoms with Crippen LogP contribution in [0.3, 0.4) is 0 Å². The molecule has 192 valence electrons. The van der Waals surface area contributed by atoms with E-state index < -0.39 is 52.3 Å². The predicted octanol–water partition coefficient (Wildman–Crippen LogP) is -8.31. The van der Waals surface area contributed by atoms with E-state index >= 15 is 0 Å².